The van der Waals surface area contributed by atoms with Gasteiger partial charge in [0.25, 0.3) is 0 Å². The lowest BCUT2D eigenvalue weighted by atomic mass is 9.77. The molecule has 4 heterocycles. The highest BCUT2D eigenvalue weighted by molar-refractivity contribution is 7.99. The molecule has 150 valence electrons. The zero-order valence-corrected chi connectivity index (χ0v) is 17.7. The van der Waals surface area contributed by atoms with Crippen LogP contribution in [0.4, 0.5) is 11.6 Å². The van der Waals surface area contributed by atoms with E-state index in [2.05, 4.69) is 19.9 Å². The van der Waals surface area contributed by atoms with Crippen molar-refractivity contribution in [2.75, 3.05) is 23.7 Å². The molecule has 0 amide bonds. The molecule has 1 saturated heterocycles. The predicted molar refractivity (Wildman–Crippen MR) is 117 cm³/mol. The average molecular weight is 427 g/mol. The van der Waals surface area contributed by atoms with E-state index in [0.29, 0.717) is 21.9 Å². The molecule has 1 saturated carbocycles. The lowest BCUT2D eigenvalue weighted by Crippen LogP contribution is -2.39. The van der Waals surface area contributed by atoms with Crippen LogP contribution in [0.3, 0.4) is 0 Å². The van der Waals surface area contributed by atoms with Crippen LogP contribution in [0.2, 0.25) is 5.02 Å². The van der Waals surface area contributed by atoms with E-state index in [0.717, 1.165) is 34.3 Å². The molecular weight excluding hydrogens is 404 g/mol. The Morgan fingerprint density at radius 1 is 1.00 bits per heavy atom. The molecule has 2 aliphatic rings. The Kier molecular flexibility index (Phi) is 4.95. The first-order valence-corrected chi connectivity index (χ1v) is 11.3. The van der Waals surface area contributed by atoms with E-state index < -0.39 is 0 Å². The first-order chi connectivity index (χ1) is 14.1. The summed E-state index contributed by atoms with van der Waals surface area (Å²) in [5, 5.41) is 1.25. The number of aromatic nitrogens is 4. The van der Waals surface area contributed by atoms with E-state index in [1.165, 1.54) is 50.3 Å². The first kappa shape index (κ1) is 18.9. The van der Waals surface area contributed by atoms with Crippen LogP contribution in [0, 0.1) is 5.41 Å². The molecule has 1 aliphatic heterocycles. The minimum atomic E-state index is 0.322. The Labute approximate surface area is 179 Å². The van der Waals surface area contributed by atoms with Crippen molar-refractivity contribution >= 4 is 46.2 Å². The summed E-state index contributed by atoms with van der Waals surface area (Å²) >= 11 is 7.69. The molecule has 29 heavy (non-hydrogen) atoms. The molecule has 1 aliphatic carbocycles. The monoisotopic (exact) mass is 426 g/mol. The van der Waals surface area contributed by atoms with E-state index in [-0.39, 0.29) is 0 Å². The minimum Gasteiger partial charge on any atom is -0.382 e. The average Bonchev–Trinajstić information content (AvgIpc) is 3.19. The molecule has 3 aromatic heterocycles. The van der Waals surface area contributed by atoms with E-state index in [4.69, 9.17) is 22.3 Å². The van der Waals surface area contributed by atoms with Crippen LogP contribution in [-0.4, -0.2) is 33.0 Å². The minimum absolute atomic E-state index is 0.322. The molecule has 1 spiro atoms. The van der Waals surface area contributed by atoms with Gasteiger partial charge >= 0.3 is 0 Å². The van der Waals surface area contributed by atoms with Crippen molar-refractivity contribution in [1.29, 1.82) is 0 Å². The van der Waals surface area contributed by atoms with Gasteiger partial charge in [0.15, 0.2) is 5.65 Å². The predicted octanol–water partition coefficient (Wildman–Crippen LogP) is 4.97. The van der Waals surface area contributed by atoms with Gasteiger partial charge < -0.3 is 10.6 Å². The maximum Gasteiger partial charge on any atom is 0.179 e. The maximum atomic E-state index is 6.24. The molecule has 0 atom stereocenters. The van der Waals surface area contributed by atoms with Crippen molar-refractivity contribution in [3.05, 3.63) is 35.6 Å². The number of hydrogen-bond acceptors (Lipinski definition) is 7. The van der Waals surface area contributed by atoms with Crippen LogP contribution in [0.5, 0.6) is 0 Å². The summed E-state index contributed by atoms with van der Waals surface area (Å²) in [5.41, 5.74) is 7.84. The summed E-state index contributed by atoms with van der Waals surface area (Å²) < 4.78 is 0. The van der Waals surface area contributed by atoms with Crippen molar-refractivity contribution in [3.8, 4) is 0 Å². The number of hydrogen-bond donors (Lipinski definition) is 1. The molecule has 2 fully saturated rings. The number of halogens is 1. The number of piperidine rings is 1. The Balaban J connectivity index is 1.34. The fourth-order valence-electron chi connectivity index (χ4n) is 4.55. The number of nitrogens with two attached hydrogens (primary N) is 1. The summed E-state index contributed by atoms with van der Waals surface area (Å²) in [7, 11) is 0. The fraction of sp³-hybridized carbons (Fsp3) is 0.429. The number of anilines is 2. The number of nitrogens with zero attached hydrogens (tertiary/aromatic N) is 5. The largest absolute Gasteiger partial charge is 0.382 e. The number of pyridine rings is 2. The molecular formula is C21H23ClN6S. The number of fused-ring (bicyclic) bond motifs is 1. The second-order valence-corrected chi connectivity index (χ2v) is 9.47. The Hall–Kier alpha value is -2.12. The fourth-order valence-corrected chi connectivity index (χ4v) is 5.60. The van der Waals surface area contributed by atoms with Gasteiger partial charge in [0.1, 0.15) is 22.2 Å². The van der Waals surface area contributed by atoms with E-state index in [9.17, 15) is 0 Å². The van der Waals surface area contributed by atoms with Gasteiger partial charge in [-0.15, -0.1) is 0 Å². The van der Waals surface area contributed by atoms with Crippen molar-refractivity contribution in [2.24, 2.45) is 5.41 Å². The van der Waals surface area contributed by atoms with Crippen LogP contribution in [0.1, 0.15) is 38.5 Å². The number of nitrogen functional groups attached to an aromatic ring is 1. The standard InChI is InChI=1S/C21H23ClN6S/c22-18-15(5-10-24-19(18)23)29-17-4-3-14-20(27-17)25-13-16(26-14)28-11-8-21(9-12-28)6-1-2-7-21/h3-5,10,13H,1-2,6-9,11-12H2,(H2,23,24). The molecule has 5 rings (SSSR count). The van der Waals surface area contributed by atoms with E-state index in [1.807, 2.05) is 24.4 Å². The second kappa shape index (κ2) is 7.61. The van der Waals surface area contributed by atoms with Crippen molar-refractivity contribution in [1.82, 2.24) is 19.9 Å². The molecule has 3 aromatic rings. The smallest absolute Gasteiger partial charge is 0.179 e. The molecule has 0 aromatic carbocycles. The highest BCUT2D eigenvalue weighted by Gasteiger charge is 2.37. The summed E-state index contributed by atoms with van der Waals surface area (Å²) in [6, 6.07) is 5.75. The molecule has 8 heteroatoms. The zero-order valence-electron chi connectivity index (χ0n) is 16.1. The van der Waals surface area contributed by atoms with Gasteiger partial charge in [-0.05, 0) is 49.3 Å². The highest BCUT2D eigenvalue weighted by Crippen LogP contribution is 2.46. The van der Waals surface area contributed by atoms with E-state index in [1.54, 1.807) is 6.20 Å². The van der Waals surface area contributed by atoms with Crippen LogP contribution < -0.4 is 10.6 Å². The first-order valence-electron chi connectivity index (χ1n) is 10.1. The van der Waals surface area contributed by atoms with Crippen molar-refractivity contribution in [3.63, 3.8) is 0 Å². The normalized spacial score (nSPS) is 18.6. The summed E-state index contributed by atoms with van der Waals surface area (Å²) in [5.74, 6) is 1.28. The van der Waals surface area contributed by atoms with Crippen LogP contribution >= 0.6 is 23.4 Å². The van der Waals surface area contributed by atoms with Crippen LogP contribution in [0.25, 0.3) is 11.2 Å². The Bertz CT molecular complexity index is 1040. The molecule has 0 radical (unpaired) electrons. The van der Waals surface area contributed by atoms with Gasteiger partial charge in [0.2, 0.25) is 0 Å². The topological polar surface area (TPSA) is 80.8 Å². The van der Waals surface area contributed by atoms with Crippen molar-refractivity contribution < 1.29 is 0 Å². The second-order valence-electron chi connectivity index (χ2n) is 8.02. The summed E-state index contributed by atoms with van der Waals surface area (Å²) in [6.45, 7) is 2.15. The zero-order chi connectivity index (χ0) is 19.8. The summed E-state index contributed by atoms with van der Waals surface area (Å²) in [6.07, 6.45) is 11.7. The third-order valence-electron chi connectivity index (χ3n) is 6.27. The quantitative estimate of drug-likeness (QED) is 0.633. The van der Waals surface area contributed by atoms with Gasteiger partial charge in [-0.1, -0.05) is 36.2 Å². The van der Waals surface area contributed by atoms with Crippen LogP contribution in [-0.2, 0) is 0 Å². The maximum absolute atomic E-state index is 6.24. The van der Waals surface area contributed by atoms with Gasteiger partial charge in [0.05, 0.1) is 11.2 Å². The third kappa shape index (κ3) is 3.73. The van der Waals surface area contributed by atoms with Crippen LogP contribution in [0.15, 0.2) is 40.5 Å². The van der Waals surface area contributed by atoms with Gasteiger partial charge in [-0.25, -0.2) is 19.9 Å². The highest BCUT2D eigenvalue weighted by atomic mass is 35.5. The Morgan fingerprint density at radius 3 is 2.59 bits per heavy atom. The molecule has 2 N–H and O–H groups in total. The third-order valence-corrected chi connectivity index (χ3v) is 7.78. The SMILES string of the molecule is Nc1nccc(Sc2ccc3nc(N4CCC5(CCCC5)CC4)cnc3n2)c1Cl. The molecule has 6 nitrogen and oxygen atoms in total. The van der Waals surface area contributed by atoms with Gasteiger partial charge in [0, 0.05) is 24.2 Å². The molecule has 0 bridgehead atoms. The summed E-state index contributed by atoms with van der Waals surface area (Å²) in [4.78, 5) is 21.2. The van der Waals surface area contributed by atoms with Gasteiger partial charge in [-0.3, -0.25) is 0 Å². The Morgan fingerprint density at radius 2 is 1.79 bits per heavy atom. The van der Waals surface area contributed by atoms with E-state index >= 15 is 0 Å². The molecule has 0 unspecified atom stereocenters. The van der Waals surface area contributed by atoms with Gasteiger partial charge in [-0.2, -0.15) is 0 Å². The van der Waals surface area contributed by atoms with Crippen molar-refractivity contribution in [2.45, 2.75) is 48.4 Å². The lowest BCUT2D eigenvalue weighted by Gasteiger charge is -2.39. The number of rotatable bonds is 3. The lowest BCUT2D eigenvalue weighted by molar-refractivity contribution is 0.226.